The van der Waals surface area contributed by atoms with Crippen molar-refractivity contribution in [1.82, 2.24) is 38.5 Å². The lowest BCUT2D eigenvalue weighted by Gasteiger charge is -2.34. The van der Waals surface area contributed by atoms with Gasteiger partial charge in [-0.3, -0.25) is 23.4 Å². The Kier molecular flexibility index (Phi) is 11.5. The zero-order valence-corrected chi connectivity index (χ0v) is 41.4. The van der Waals surface area contributed by atoms with Gasteiger partial charge >= 0.3 is 11.4 Å². The van der Waals surface area contributed by atoms with E-state index < -0.39 is 24.5 Å². The number of aromatic amines is 1. The Hall–Kier alpha value is -6.29. The molecule has 3 atom stereocenters. The first-order valence-corrected chi connectivity index (χ1v) is 26.7. The van der Waals surface area contributed by atoms with Crippen molar-refractivity contribution < 1.29 is 27.7 Å². The highest BCUT2D eigenvalue weighted by Gasteiger charge is 2.59. The van der Waals surface area contributed by atoms with E-state index in [0.717, 1.165) is 34.7 Å². The van der Waals surface area contributed by atoms with Crippen molar-refractivity contribution in [3.05, 3.63) is 133 Å². The lowest BCUT2D eigenvalue weighted by atomic mass is 9.91. The maximum absolute atomic E-state index is 15.6. The molecule has 11 rings (SSSR count). The highest BCUT2D eigenvalue weighted by atomic mass is 31.2. The van der Waals surface area contributed by atoms with Gasteiger partial charge in [0.05, 0.1) is 36.3 Å². The number of aromatic nitrogens is 7. The van der Waals surface area contributed by atoms with Gasteiger partial charge in [0.1, 0.15) is 30.0 Å². The third-order valence-electron chi connectivity index (χ3n) is 15.7. The van der Waals surface area contributed by atoms with E-state index >= 15 is 14.0 Å². The first-order valence-electron chi connectivity index (χ1n) is 24.6. The number of nitrogens with one attached hydrogen (secondary N) is 1. The SMILES string of the molecule is CCP(=O)(CC)c1ccc(-n2ccn(-c3c4c(nn3-c3cc(C)c(F)c(C)c3)CCN(C(=O)c3cc5cc(C6CCOCC6)ccc5n3C3(c5noc(=O)[nH]5)CC3C)C4C)c2=O)cc1N1CCOCC1. The third-order valence-corrected chi connectivity index (χ3v) is 19.0. The first-order chi connectivity index (χ1) is 33.8. The summed E-state index contributed by atoms with van der Waals surface area (Å²) in [5.74, 6) is -0.0546. The van der Waals surface area contributed by atoms with Crippen LogP contribution in [0.25, 0.3) is 28.1 Å². The number of H-pyrrole nitrogens is 1. The maximum atomic E-state index is 15.6. The Morgan fingerprint density at radius 3 is 2.26 bits per heavy atom. The summed E-state index contributed by atoms with van der Waals surface area (Å²) < 4.78 is 52.9. The largest absolute Gasteiger partial charge is 0.438 e. The van der Waals surface area contributed by atoms with Gasteiger partial charge in [-0.05, 0) is 117 Å². The molecule has 4 aliphatic rings. The Morgan fingerprint density at radius 1 is 0.886 bits per heavy atom. The van der Waals surface area contributed by atoms with Crippen molar-refractivity contribution in [1.29, 1.82) is 0 Å². The van der Waals surface area contributed by atoms with Gasteiger partial charge in [0.25, 0.3) is 5.91 Å². The van der Waals surface area contributed by atoms with Crippen molar-refractivity contribution >= 4 is 34.9 Å². The van der Waals surface area contributed by atoms with E-state index in [4.69, 9.17) is 19.1 Å². The molecule has 4 aromatic heterocycles. The van der Waals surface area contributed by atoms with Gasteiger partial charge in [-0.2, -0.15) is 5.10 Å². The van der Waals surface area contributed by atoms with Crippen LogP contribution >= 0.6 is 7.14 Å². The fraction of sp³-hybridized carbons (Fsp3) is 0.442. The van der Waals surface area contributed by atoms with Crippen LogP contribution in [0.15, 0.2) is 81.1 Å². The fourth-order valence-electron chi connectivity index (χ4n) is 11.6. The fourth-order valence-corrected chi connectivity index (χ4v) is 13.7. The molecule has 0 bridgehead atoms. The van der Waals surface area contributed by atoms with Crippen molar-refractivity contribution in [2.75, 3.05) is 63.3 Å². The number of anilines is 1. The van der Waals surface area contributed by atoms with E-state index in [1.807, 2.05) is 49.9 Å². The zero-order chi connectivity index (χ0) is 48.8. The summed E-state index contributed by atoms with van der Waals surface area (Å²) in [7, 11) is -2.72. The highest BCUT2D eigenvalue weighted by molar-refractivity contribution is 7.71. The molecule has 3 aromatic carbocycles. The standard InChI is InChI=1S/C52H59FN9O7P/c1-7-70(66,8-2)44-12-10-38(29-42(44)57-19-23-68-24-20-57)59-17-18-60(51(59)65)47-45-34(6)58(16-13-40(45)55-62(47)39-25-31(3)46(53)32(4)26-39)48(63)43-28-37-27-36(35-14-21-67-22-15-35)9-11-41(37)61(43)52(30-33(52)5)49-54-50(64)69-56-49/h9-12,17-18,25-29,33-35H,7-8,13-16,19-24,30H2,1-6H3,(H,54,56,64). The molecule has 18 heteroatoms. The van der Waals surface area contributed by atoms with Gasteiger partial charge in [-0.1, -0.05) is 32.0 Å². The summed E-state index contributed by atoms with van der Waals surface area (Å²) in [5, 5.41) is 11.1. The predicted molar refractivity (Wildman–Crippen MR) is 265 cm³/mol. The second kappa shape index (κ2) is 17.5. The molecule has 1 amide bonds. The summed E-state index contributed by atoms with van der Waals surface area (Å²) in [4.78, 5) is 50.1. The van der Waals surface area contributed by atoms with Crippen LogP contribution in [-0.2, 0) is 26.0 Å². The average molecular weight is 972 g/mol. The topological polar surface area (TPSA) is 168 Å². The number of amides is 1. The monoisotopic (exact) mass is 971 g/mol. The molecular weight excluding hydrogens is 913 g/mol. The second-order valence-electron chi connectivity index (χ2n) is 19.6. The number of halogens is 1. The van der Waals surface area contributed by atoms with Gasteiger partial charge < -0.3 is 28.4 Å². The molecule has 366 valence electrons. The molecule has 1 N–H and O–H groups in total. The van der Waals surface area contributed by atoms with Gasteiger partial charge in [0.15, 0.2) is 5.82 Å². The minimum Gasteiger partial charge on any atom is -0.381 e. The number of imidazole rings is 1. The van der Waals surface area contributed by atoms with E-state index in [1.165, 1.54) is 5.56 Å². The molecule has 1 aliphatic carbocycles. The number of aryl methyl sites for hydroxylation is 2. The van der Waals surface area contributed by atoms with Crippen LogP contribution < -0.4 is 21.7 Å². The molecule has 0 spiro atoms. The molecule has 7 heterocycles. The average Bonchev–Trinajstić information content (AvgIpc) is 3.88. The van der Waals surface area contributed by atoms with Crippen LogP contribution in [0.2, 0.25) is 0 Å². The number of hydrogen-bond donors (Lipinski definition) is 1. The second-order valence-corrected chi connectivity index (χ2v) is 23.1. The summed E-state index contributed by atoms with van der Waals surface area (Å²) >= 11 is 0. The summed E-state index contributed by atoms with van der Waals surface area (Å²) in [5.41, 5.74) is 5.55. The Labute approximate surface area is 404 Å². The Balaban J connectivity index is 1.05. The number of ether oxygens (including phenoxy) is 2. The molecular formula is C52H59FN9O7P. The number of rotatable bonds is 11. The van der Waals surface area contributed by atoms with E-state index in [0.29, 0.717) is 128 Å². The molecule has 3 unspecified atom stereocenters. The Morgan fingerprint density at radius 2 is 1.59 bits per heavy atom. The number of fused-ring (bicyclic) bond motifs is 2. The Bertz CT molecular complexity index is 3340. The molecule has 0 radical (unpaired) electrons. The number of hydrogen-bond acceptors (Lipinski definition) is 10. The van der Waals surface area contributed by atoms with Crippen LogP contribution in [0.3, 0.4) is 0 Å². The van der Waals surface area contributed by atoms with Crippen LogP contribution in [0.4, 0.5) is 10.1 Å². The van der Waals surface area contributed by atoms with Crippen molar-refractivity contribution in [2.24, 2.45) is 5.92 Å². The van der Waals surface area contributed by atoms with Crippen molar-refractivity contribution in [2.45, 2.75) is 84.7 Å². The lowest BCUT2D eigenvalue weighted by molar-refractivity contribution is 0.0663. The smallest absolute Gasteiger partial charge is 0.381 e. The van der Waals surface area contributed by atoms with Crippen molar-refractivity contribution in [3.8, 4) is 17.2 Å². The molecule has 3 fully saturated rings. The van der Waals surface area contributed by atoms with E-state index in [9.17, 15) is 9.36 Å². The minimum absolute atomic E-state index is 0.0169. The van der Waals surface area contributed by atoms with Crippen LogP contribution in [0.5, 0.6) is 0 Å². The first kappa shape index (κ1) is 46.1. The van der Waals surface area contributed by atoms with Crippen LogP contribution in [0.1, 0.15) is 103 Å². The minimum atomic E-state index is -2.72. The van der Waals surface area contributed by atoms with E-state index in [-0.39, 0.29) is 23.3 Å². The quantitative estimate of drug-likeness (QED) is 0.128. The van der Waals surface area contributed by atoms with Crippen LogP contribution in [-0.4, -0.2) is 103 Å². The summed E-state index contributed by atoms with van der Waals surface area (Å²) in [6, 6.07) is 17.0. The van der Waals surface area contributed by atoms with E-state index in [2.05, 4.69) is 44.7 Å². The number of benzene rings is 3. The highest BCUT2D eigenvalue weighted by Crippen LogP contribution is 2.56. The molecule has 2 saturated heterocycles. The number of morpholine rings is 1. The van der Waals surface area contributed by atoms with Gasteiger partial charge in [-0.25, -0.2) is 18.7 Å². The molecule has 3 aliphatic heterocycles. The van der Waals surface area contributed by atoms with Crippen LogP contribution in [0, 0.1) is 25.6 Å². The molecule has 70 heavy (non-hydrogen) atoms. The molecule has 1 saturated carbocycles. The van der Waals surface area contributed by atoms with Gasteiger partial charge in [0.2, 0.25) is 0 Å². The van der Waals surface area contributed by atoms with E-state index in [1.54, 1.807) is 52.2 Å². The van der Waals surface area contributed by atoms with Gasteiger partial charge in [-0.15, -0.1) is 0 Å². The van der Waals surface area contributed by atoms with Crippen molar-refractivity contribution in [3.63, 3.8) is 0 Å². The summed E-state index contributed by atoms with van der Waals surface area (Å²) in [6.45, 7) is 15.5. The normalized spacial score (nSPS) is 20.9. The number of carbonyl (C=O) groups excluding carboxylic acids is 1. The molecule has 7 aromatic rings. The zero-order valence-electron chi connectivity index (χ0n) is 40.5. The number of nitrogens with zero attached hydrogens (tertiary/aromatic N) is 8. The third kappa shape index (κ3) is 7.37. The summed E-state index contributed by atoms with van der Waals surface area (Å²) in [6.07, 6.45) is 7.31. The number of carbonyl (C=O) groups is 1. The predicted octanol–water partition coefficient (Wildman–Crippen LogP) is 7.50. The lowest BCUT2D eigenvalue weighted by Crippen LogP contribution is -2.41. The van der Waals surface area contributed by atoms with Gasteiger partial charge in [0, 0.05) is 91.4 Å². The molecule has 16 nitrogen and oxygen atoms in total. The maximum Gasteiger partial charge on any atom is 0.438 e.